The Kier molecular flexibility index (Phi) is 2.74. The van der Waals surface area contributed by atoms with Crippen LogP contribution < -0.4 is 0 Å². The second-order valence-corrected chi connectivity index (χ2v) is 4.78. The number of aliphatic hydroxyl groups excluding tert-OH is 3. The first kappa shape index (κ1) is 13.1. The largest absolute Gasteiger partial charge is 0.407 e. The molecule has 0 bridgehead atoms. The van der Waals surface area contributed by atoms with E-state index in [-0.39, 0.29) is 0 Å². The van der Waals surface area contributed by atoms with Crippen LogP contribution in [0.1, 0.15) is 0 Å². The third-order valence-electron chi connectivity index (χ3n) is 2.49. The molecule has 2 rings (SSSR count). The van der Waals surface area contributed by atoms with E-state index in [9.17, 15) is 28.8 Å². The van der Waals surface area contributed by atoms with E-state index in [1.807, 2.05) is 0 Å². The molecule has 0 amide bonds. The van der Waals surface area contributed by atoms with Gasteiger partial charge in [0.05, 0.1) is 6.61 Å². The second kappa shape index (κ2) is 3.57. The van der Waals surface area contributed by atoms with Gasteiger partial charge in [-0.05, 0) is 0 Å². The highest BCUT2D eigenvalue weighted by Crippen LogP contribution is 2.45. The summed E-state index contributed by atoms with van der Waals surface area (Å²) in [6, 6.07) is 0. The summed E-state index contributed by atoms with van der Waals surface area (Å²) < 4.78 is 34.3. The monoisotopic (exact) mass is 274 g/mol. The van der Waals surface area contributed by atoms with Crippen molar-refractivity contribution in [1.82, 2.24) is 0 Å². The van der Waals surface area contributed by atoms with E-state index >= 15 is 0 Å². The van der Waals surface area contributed by atoms with Gasteiger partial charge in [0.15, 0.2) is 0 Å². The average molecular weight is 274 g/mol. The summed E-state index contributed by atoms with van der Waals surface area (Å²) >= 11 is 0. The third-order valence-corrected chi connectivity index (χ3v) is 3.38. The van der Waals surface area contributed by atoms with Gasteiger partial charge in [0, 0.05) is 0 Å². The van der Waals surface area contributed by atoms with E-state index in [4.69, 9.17) is 5.11 Å². The van der Waals surface area contributed by atoms with Gasteiger partial charge in [-0.3, -0.25) is 0 Å². The summed E-state index contributed by atoms with van der Waals surface area (Å²) in [5, 5.41) is 47.0. The van der Waals surface area contributed by atoms with Crippen molar-refractivity contribution in [3.63, 3.8) is 0 Å². The third kappa shape index (κ3) is 1.68. The fourth-order valence-corrected chi connectivity index (χ4v) is 2.60. The molecule has 0 saturated carbocycles. The molecule has 0 aliphatic carbocycles. The normalized spacial score (nSPS) is 53.4. The fraction of sp³-hybridized carbons (Fsp3) is 1.00. The molecular weight excluding hydrogens is 264 g/mol. The van der Waals surface area contributed by atoms with Gasteiger partial charge in [-0.2, -0.15) is 12.6 Å². The summed E-state index contributed by atoms with van der Waals surface area (Å²) in [5.74, 6) is -6.45. The highest BCUT2D eigenvalue weighted by molar-refractivity contribution is 7.82. The van der Waals surface area contributed by atoms with Gasteiger partial charge in [-0.15, -0.1) is 0 Å². The van der Waals surface area contributed by atoms with Crippen LogP contribution in [0, 0.1) is 0 Å². The van der Waals surface area contributed by atoms with Gasteiger partial charge in [0.2, 0.25) is 0 Å². The SMILES string of the molecule is O=S1(=O)O[C@@]2(O)O[C@H](CO)[C@H](O)[C@H](O)[C@@]2(O)O1. The molecule has 100 valence electrons. The molecule has 0 aromatic carbocycles. The maximum Gasteiger partial charge on any atom is 0.407 e. The minimum atomic E-state index is -4.81. The Hall–Kier alpha value is -0.370. The fourth-order valence-electron chi connectivity index (χ4n) is 1.62. The van der Waals surface area contributed by atoms with E-state index < -0.39 is 47.1 Å². The summed E-state index contributed by atoms with van der Waals surface area (Å²) in [5.41, 5.74) is 0. The van der Waals surface area contributed by atoms with Crippen molar-refractivity contribution in [2.75, 3.05) is 6.61 Å². The molecular formula is C6H10O10S. The van der Waals surface area contributed by atoms with Gasteiger partial charge in [-0.1, -0.05) is 0 Å². The Labute approximate surface area is 94.9 Å². The van der Waals surface area contributed by atoms with Crippen LogP contribution in [0.5, 0.6) is 0 Å². The highest BCUT2D eigenvalue weighted by atomic mass is 32.3. The Morgan fingerprint density at radius 2 is 1.76 bits per heavy atom. The molecule has 2 saturated heterocycles. The molecule has 0 aromatic rings. The van der Waals surface area contributed by atoms with Crippen molar-refractivity contribution in [2.24, 2.45) is 0 Å². The number of ether oxygens (including phenoxy) is 1. The van der Waals surface area contributed by atoms with Gasteiger partial charge < -0.3 is 30.3 Å². The second-order valence-electron chi connectivity index (χ2n) is 3.63. The molecule has 0 radical (unpaired) electrons. The predicted molar refractivity (Wildman–Crippen MR) is 45.0 cm³/mol. The Morgan fingerprint density at radius 1 is 1.18 bits per heavy atom. The van der Waals surface area contributed by atoms with Crippen LogP contribution in [0.25, 0.3) is 0 Å². The first-order valence-corrected chi connectivity index (χ1v) is 5.74. The van der Waals surface area contributed by atoms with Crippen molar-refractivity contribution < 1.29 is 47.1 Å². The molecule has 5 atom stereocenters. The molecule has 0 spiro atoms. The van der Waals surface area contributed by atoms with Crippen molar-refractivity contribution in [2.45, 2.75) is 30.1 Å². The summed E-state index contributed by atoms with van der Waals surface area (Å²) in [6.45, 7) is -0.861. The predicted octanol–water partition coefficient (Wildman–Crippen LogP) is -4.27. The van der Waals surface area contributed by atoms with Crippen LogP contribution in [-0.2, 0) is 23.5 Å². The van der Waals surface area contributed by atoms with Crippen molar-refractivity contribution in [3.05, 3.63) is 0 Å². The molecule has 2 fully saturated rings. The van der Waals surface area contributed by atoms with E-state index in [1.165, 1.54) is 0 Å². The molecule has 0 unspecified atom stereocenters. The lowest BCUT2D eigenvalue weighted by atomic mass is 9.94. The number of aliphatic hydroxyl groups is 5. The molecule has 10 nitrogen and oxygen atoms in total. The lowest BCUT2D eigenvalue weighted by Gasteiger charge is -2.44. The van der Waals surface area contributed by atoms with Crippen LogP contribution >= 0.6 is 0 Å². The van der Waals surface area contributed by atoms with Crippen LogP contribution in [0.4, 0.5) is 0 Å². The van der Waals surface area contributed by atoms with E-state index in [2.05, 4.69) is 13.1 Å². The first-order chi connectivity index (χ1) is 7.65. The average Bonchev–Trinajstić information content (AvgIpc) is 2.39. The lowest BCUT2D eigenvalue weighted by Crippen LogP contribution is -2.71. The number of hydrogen-bond donors (Lipinski definition) is 5. The van der Waals surface area contributed by atoms with E-state index in [1.54, 1.807) is 0 Å². The standard InChI is InChI=1S/C6H10O10S/c7-1-2-3(8)4(9)5(10)6(11,14-2)16-17(12,13)15-5/h2-4,7-11H,1H2/t2-,3+,4+,5-,6+/m1/s1. The van der Waals surface area contributed by atoms with Crippen LogP contribution in [0.2, 0.25) is 0 Å². The van der Waals surface area contributed by atoms with Crippen LogP contribution in [0.3, 0.4) is 0 Å². The van der Waals surface area contributed by atoms with Gasteiger partial charge >= 0.3 is 16.4 Å². The molecule has 0 aromatic heterocycles. The molecule has 17 heavy (non-hydrogen) atoms. The Morgan fingerprint density at radius 3 is 2.29 bits per heavy atom. The first-order valence-electron chi connectivity index (χ1n) is 4.41. The number of rotatable bonds is 1. The highest BCUT2D eigenvalue weighted by Gasteiger charge is 2.74. The molecule has 11 heteroatoms. The van der Waals surface area contributed by atoms with E-state index in [0.29, 0.717) is 0 Å². The maximum absolute atomic E-state index is 11.0. The summed E-state index contributed by atoms with van der Waals surface area (Å²) in [4.78, 5) is 0. The lowest BCUT2D eigenvalue weighted by molar-refractivity contribution is -0.475. The molecule has 2 heterocycles. The van der Waals surface area contributed by atoms with Gasteiger partial charge in [-0.25, -0.2) is 4.18 Å². The number of hydrogen-bond acceptors (Lipinski definition) is 10. The zero-order valence-electron chi connectivity index (χ0n) is 8.12. The van der Waals surface area contributed by atoms with Crippen molar-refractivity contribution in [1.29, 1.82) is 0 Å². The minimum absolute atomic E-state index is 0.861. The smallest absolute Gasteiger partial charge is 0.394 e. The Balaban J connectivity index is 2.45. The number of fused-ring (bicyclic) bond motifs is 1. The van der Waals surface area contributed by atoms with Gasteiger partial charge in [0.25, 0.3) is 5.79 Å². The zero-order valence-corrected chi connectivity index (χ0v) is 8.94. The Bertz CT molecular complexity index is 421. The van der Waals surface area contributed by atoms with Crippen LogP contribution in [0.15, 0.2) is 0 Å². The van der Waals surface area contributed by atoms with Gasteiger partial charge in [0.1, 0.15) is 18.3 Å². The van der Waals surface area contributed by atoms with Crippen LogP contribution in [-0.4, -0.2) is 70.6 Å². The maximum atomic E-state index is 11.0. The van der Waals surface area contributed by atoms with E-state index in [0.717, 1.165) is 0 Å². The topological polar surface area (TPSA) is 163 Å². The summed E-state index contributed by atoms with van der Waals surface area (Å²) in [6.07, 6.45) is -5.72. The summed E-state index contributed by atoms with van der Waals surface area (Å²) in [7, 11) is -4.81. The van der Waals surface area contributed by atoms with Crippen molar-refractivity contribution in [3.8, 4) is 0 Å². The zero-order chi connectivity index (χ0) is 13.1. The van der Waals surface area contributed by atoms with Crippen molar-refractivity contribution >= 4 is 10.4 Å². The molecule has 5 N–H and O–H groups in total. The molecule has 2 aliphatic rings. The molecule has 2 aliphatic heterocycles. The quantitative estimate of drug-likeness (QED) is 0.316. The minimum Gasteiger partial charge on any atom is -0.394 e.